The van der Waals surface area contributed by atoms with Crippen molar-refractivity contribution in [3.05, 3.63) is 65.0 Å². The predicted octanol–water partition coefficient (Wildman–Crippen LogP) is 5.06. The number of hydrogen-bond donors (Lipinski definition) is 1. The summed E-state index contributed by atoms with van der Waals surface area (Å²) >= 11 is 2.66. The number of hydrogen-bond acceptors (Lipinski definition) is 4. The first-order chi connectivity index (χ1) is 11.6. The number of amides is 1. The van der Waals surface area contributed by atoms with E-state index in [0.717, 1.165) is 11.0 Å². The molecule has 0 aliphatic heterocycles. The van der Waals surface area contributed by atoms with Crippen LogP contribution < -0.4 is 5.32 Å². The monoisotopic (exact) mass is 362 g/mol. The number of rotatable bonds is 4. The summed E-state index contributed by atoms with van der Waals surface area (Å²) in [6.07, 6.45) is 1.89. The predicted molar refractivity (Wildman–Crippen MR) is 93.6 cm³/mol. The molecule has 0 radical (unpaired) electrons. The van der Waals surface area contributed by atoms with Crippen LogP contribution in [0.3, 0.4) is 0 Å². The van der Waals surface area contributed by atoms with Crippen LogP contribution in [-0.4, -0.2) is 17.1 Å². The highest BCUT2D eigenvalue weighted by Gasteiger charge is 2.14. The Morgan fingerprint density at radius 2 is 2.00 bits per heavy atom. The van der Waals surface area contributed by atoms with E-state index in [2.05, 4.69) is 10.3 Å². The Kier molecular flexibility index (Phi) is 4.92. The first kappa shape index (κ1) is 16.6. The Balaban J connectivity index is 1.82. The third-order valence-electron chi connectivity index (χ3n) is 3.28. The highest BCUT2D eigenvalue weighted by molar-refractivity contribution is 7.98. The minimum atomic E-state index is -0.689. The number of aromatic nitrogens is 1. The van der Waals surface area contributed by atoms with E-state index in [1.165, 1.54) is 35.2 Å². The summed E-state index contributed by atoms with van der Waals surface area (Å²) in [5.41, 5.74) is 1.10. The van der Waals surface area contributed by atoms with Gasteiger partial charge in [-0.1, -0.05) is 12.1 Å². The summed E-state index contributed by atoms with van der Waals surface area (Å²) in [6, 6.07) is 10.5. The lowest BCUT2D eigenvalue weighted by Gasteiger charge is -2.06. The topological polar surface area (TPSA) is 42.0 Å². The van der Waals surface area contributed by atoms with E-state index < -0.39 is 11.6 Å². The highest BCUT2D eigenvalue weighted by atomic mass is 32.2. The van der Waals surface area contributed by atoms with Gasteiger partial charge in [0.15, 0.2) is 5.13 Å². The van der Waals surface area contributed by atoms with Gasteiger partial charge in [0.25, 0.3) is 5.91 Å². The number of nitrogens with one attached hydrogen (secondary N) is 1. The standard InChI is InChI=1S/C17H12F2N2OS2/c1-23-15-5-3-2-4-12(15)16(22)21-17-20-14(9-24-17)11-7-6-10(18)8-13(11)19/h2-9H,1H3,(H,20,21,22). The van der Waals surface area contributed by atoms with E-state index in [9.17, 15) is 13.6 Å². The molecule has 1 heterocycles. The molecule has 3 rings (SSSR count). The summed E-state index contributed by atoms with van der Waals surface area (Å²) in [7, 11) is 0. The van der Waals surface area contributed by atoms with E-state index in [4.69, 9.17) is 0 Å². The van der Waals surface area contributed by atoms with E-state index in [1.807, 2.05) is 18.4 Å². The normalized spacial score (nSPS) is 10.6. The van der Waals surface area contributed by atoms with Crippen LogP contribution >= 0.6 is 23.1 Å². The molecular formula is C17H12F2N2OS2. The summed E-state index contributed by atoms with van der Waals surface area (Å²) < 4.78 is 26.8. The number of carbonyl (C=O) groups is 1. The Bertz CT molecular complexity index is 896. The third-order valence-corrected chi connectivity index (χ3v) is 4.84. The summed E-state index contributed by atoms with van der Waals surface area (Å²) in [5, 5.41) is 4.69. The lowest BCUT2D eigenvalue weighted by molar-refractivity contribution is 0.102. The van der Waals surface area contributed by atoms with E-state index in [-0.39, 0.29) is 11.5 Å². The summed E-state index contributed by atoms with van der Waals surface area (Å²) in [5.74, 6) is -1.61. The Labute approximate surface area is 145 Å². The zero-order valence-electron chi connectivity index (χ0n) is 12.5. The van der Waals surface area contributed by atoms with Gasteiger partial charge in [0.05, 0.1) is 11.3 Å². The van der Waals surface area contributed by atoms with Crippen molar-refractivity contribution < 1.29 is 13.6 Å². The molecule has 3 nitrogen and oxygen atoms in total. The van der Waals surface area contributed by atoms with E-state index in [1.54, 1.807) is 17.5 Å². The van der Waals surface area contributed by atoms with Gasteiger partial charge in [-0.05, 0) is 30.5 Å². The zero-order chi connectivity index (χ0) is 17.1. The maximum atomic E-state index is 13.8. The van der Waals surface area contributed by atoms with Crippen LogP contribution in [0.15, 0.2) is 52.7 Å². The third kappa shape index (κ3) is 3.47. The maximum absolute atomic E-state index is 13.8. The molecule has 0 atom stereocenters. The van der Waals surface area contributed by atoms with Crippen molar-refractivity contribution in [3.8, 4) is 11.3 Å². The second kappa shape index (κ2) is 7.11. The maximum Gasteiger partial charge on any atom is 0.258 e. The molecule has 122 valence electrons. The minimum absolute atomic E-state index is 0.192. The molecule has 0 saturated heterocycles. The van der Waals surface area contributed by atoms with Crippen LogP contribution in [0.25, 0.3) is 11.3 Å². The van der Waals surface area contributed by atoms with Crippen molar-refractivity contribution in [1.82, 2.24) is 4.98 Å². The highest BCUT2D eigenvalue weighted by Crippen LogP contribution is 2.28. The second-order valence-corrected chi connectivity index (χ2v) is 6.52. The van der Waals surface area contributed by atoms with Gasteiger partial charge in [-0.25, -0.2) is 13.8 Å². The van der Waals surface area contributed by atoms with Crippen LogP contribution in [0.2, 0.25) is 0 Å². The lowest BCUT2D eigenvalue weighted by Crippen LogP contribution is -2.12. The molecule has 2 aromatic carbocycles. The van der Waals surface area contributed by atoms with Gasteiger partial charge >= 0.3 is 0 Å². The molecule has 0 aliphatic carbocycles. The fourth-order valence-corrected chi connectivity index (χ4v) is 3.45. The molecule has 0 fully saturated rings. The van der Waals surface area contributed by atoms with Crippen LogP contribution in [0.5, 0.6) is 0 Å². The lowest BCUT2D eigenvalue weighted by atomic mass is 10.1. The molecule has 7 heteroatoms. The van der Waals surface area contributed by atoms with Crippen molar-refractivity contribution in [2.24, 2.45) is 0 Å². The Morgan fingerprint density at radius 3 is 2.75 bits per heavy atom. The van der Waals surface area contributed by atoms with Crippen molar-refractivity contribution in [2.45, 2.75) is 4.90 Å². The van der Waals surface area contributed by atoms with Crippen LogP contribution in [-0.2, 0) is 0 Å². The van der Waals surface area contributed by atoms with E-state index >= 15 is 0 Å². The molecule has 0 aliphatic rings. The molecule has 0 bridgehead atoms. The fourth-order valence-electron chi connectivity index (χ4n) is 2.15. The molecule has 1 N–H and O–H groups in total. The number of halogens is 2. The largest absolute Gasteiger partial charge is 0.298 e. The van der Waals surface area contributed by atoms with Gasteiger partial charge in [0.2, 0.25) is 0 Å². The zero-order valence-corrected chi connectivity index (χ0v) is 14.2. The van der Waals surface area contributed by atoms with Gasteiger partial charge < -0.3 is 0 Å². The van der Waals surface area contributed by atoms with Crippen LogP contribution in [0.1, 0.15) is 10.4 Å². The second-order valence-electron chi connectivity index (χ2n) is 4.82. The first-order valence-corrected chi connectivity index (χ1v) is 9.04. The first-order valence-electron chi connectivity index (χ1n) is 6.94. The number of nitrogens with zero attached hydrogens (tertiary/aromatic N) is 1. The molecule has 0 unspecified atom stereocenters. The molecule has 24 heavy (non-hydrogen) atoms. The van der Waals surface area contributed by atoms with Crippen LogP contribution in [0, 0.1) is 11.6 Å². The quantitative estimate of drug-likeness (QED) is 0.660. The van der Waals surface area contributed by atoms with Crippen molar-refractivity contribution in [1.29, 1.82) is 0 Å². The number of thioether (sulfide) groups is 1. The van der Waals surface area contributed by atoms with Gasteiger partial charge in [-0.15, -0.1) is 23.1 Å². The molecule has 0 saturated carbocycles. The molecule has 1 amide bonds. The average Bonchev–Trinajstić information content (AvgIpc) is 3.02. The van der Waals surface area contributed by atoms with Crippen molar-refractivity contribution >= 4 is 34.1 Å². The van der Waals surface area contributed by atoms with Crippen molar-refractivity contribution in [3.63, 3.8) is 0 Å². The fraction of sp³-hybridized carbons (Fsp3) is 0.0588. The molecule has 1 aromatic heterocycles. The summed E-state index contributed by atoms with van der Waals surface area (Å²) in [4.78, 5) is 17.4. The van der Waals surface area contributed by atoms with Gasteiger partial charge in [-0.3, -0.25) is 10.1 Å². The molecule has 3 aromatic rings. The SMILES string of the molecule is CSc1ccccc1C(=O)Nc1nc(-c2ccc(F)cc2F)cs1. The van der Waals surface area contributed by atoms with Gasteiger partial charge in [-0.2, -0.15) is 0 Å². The average molecular weight is 362 g/mol. The molecular weight excluding hydrogens is 350 g/mol. The van der Waals surface area contributed by atoms with Crippen LogP contribution in [0.4, 0.5) is 13.9 Å². The Hall–Kier alpha value is -2.25. The van der Waals surface area contributed by atoms with Gasteiger partial charge in [0.1, 0.15) is 11.6 Å². The van der Waals surface area contributed by atoms with Crippen molar-refractivity contribution in [2.75, 3.05) is 11.6 Å². The number of carbonyl (C=O) groups excluding carboxylic acids is 1. The number of anilines is 1. The minimum Gasteiger partial charge on any atom is -0.298 e. The Morgan fingerprint density at radius 1 is 1.21 bits per heavy atom. The number of thiazole rings is 1. The molecule has 0 spiro atoms. The van der Waals surface area contributed by atoms with E-state index in [0.29, 0.717) is 16.4 Å². The number of benzene rings is 2. The smallest absolute Gasteiger partial charge is 0.258 e. The van der Waals surface area contributed by atoms with Gasteiger partial charge in [0, 0.05) is 21.9 Å². The summed E-state index contributed by atoms with van der Waals surface area (Å²) in [6.45, 7) is 0.